The molecular formula is C17H18N2O3. The Balaban J connectivity index is 2.04. The summed E-state index contributed by atoms with van der Waals surface area (Å²) in [5.41, 5.74) is 4.03. The standard InChI is InChI=1S/C17H18N2O3/c1-21-15-11-7-6-10-14(15)12-18-19-17(20)16(22-2)13-8-4-3-5-9-13/h3-12,16H,1-2H3,(H,19,20)/b18-12-/t16-/m1/s1. The molecule has 1 N–H and O–H groups in total. The Labute approximate surface area is 129 Å². The highest BCUT2D eigenvalue weighted by atomic mass is 16.5. The smallest absolute Gasteiger partial charge is 0.273 e. The largest absolute Gasteiger partial charge is 0.496 e. The number of nitrogens with one attached hydrogen (secondary N) is 1. The lowest BCUT2D eigenvalue weighted by Crippen LogP contribution is -2.26. The molecule has 5 heteroatoms. The molecule has 1 atom stereocenters. The van der Waals surface area contributed by atoms with E-state index in [0.29, 0.717) is 5.75 Å². The van der Waals surface area contributed by atoms with Gasteiger partial charge in [0.1, 0.15) is 5.75 Å². The van der Waals surface area contributed by atoms with Gasteiger partial charge in [-0.1, -0.05) is 42.5 Å². The van der Waals surface area contributed by atoms with Crippen LogP contribution in [0.4, 0.5) is 0 Å². The Morgan fingerprint density at radius 1 is 1.09 bits per heavy atom. The predicted molar refractivity (Wildman–Crippen MR) is 84.9 cm³/mol. The topological polar surface area (TPSA) is 59.9 Å². The molecule has 22 heavy (non-hydrogen) atoms. The molecule has 2 rings (SSSR count). The maximum Gasteiger partial charge on any atom is 0.273 e. The SMILES string of the molecule is COc1ccccc1/C=N\NC(=O)[C@H](OC)c1ccccc1. The monoisotopic (exact) mass is 298 g/mol. The normalized spacial score (nSPS) is 12.1. The molecule has 0 aromatic heterocycles. The number of hydrogen-bond acceptors (Lipinski definition) is 4. The Bertz CT molecular complexity index is 641. The van der Waals surface area contributed by atoms with Gasteiger partial charge in [-0.15, -0.1) is 0 Å². The van der Waals surface area contributed by atoms with E-state index in [1.807, 2.05) is 54.6 Å². The summed E-state index contributed by atoms with van der Waals surface area (Å²) >= 11 is 0. The van der Waals surface area contributed by atoms with Crippen LogP contribution < -0.4 is 10.2 Å². The van der Waals surface area contributed by atoms with Gasteiger partial charge in [-0.05, 0) is 17.7 Å². The Hall–Kier alpha value is -2.66. The second kappa shape index (κ2) is 7.95. The summed E-state index contributed by atoms with van der Waals surface area (Å²) in [4.78, 5) is 12.1. The number of rotatable bonds is 6. The third kappa shape index (κ3) is 3.93. The Morgan fingerprint density at radius 3 is 2.45 bits per heavy atom. The summed E-state index contributed by atoms with van der Waals surface area (Å²) in [7, 11) is 3.07. The average molecular weight is 298 g/mol. The molecule has 0 aliphatic heterocycles. The van der Waals surface area contributed by atoms with Gasteiger partial charge < -0.3 is 9.47 Å². The van der Waals surface area contributed by atoms with Gasteiger partial charge in [0.25, 0.3) is 5.91 Å². The average Bonchev–Trinajstić information content (AvgIpc) is 2.57. The first-order valence-electron chi connectivity index (χ1n) is 6.80. The van der Waals surface area contributed by atoms with Gasteiger partial charge >= 0.3 is 0 Å². The fraction of sp³-hybridized carbons (Fsp3) is 0.176. The highest BCUT2D eigenvalue weighted by Gasteiger charge is 2.19. The zero-order valence-corrected chi connectivity index (χ0v) is 12.5. The second-order valence-electron chi connectivity index (χ2n) is 4.50. The molecule has 0 aliphatic rings. The number of hydrogen-bond donors (Lipinski definition) is 1. The molecule has 0 spiro atoms. The van der Waals surface area contributed by atoms with Gasteiger partial charge in [0, 0.05) is 12.7 Å². The lowest BCUT2D eigenvalue weighted by molar-refractivity contribution is -0.131. The third-order valence-electron chi connectivity index (χ3n) is 3.09. The van der Waals surface area contributed by atoms with E-state index in [1.165, 1.54) is 13.3 Å². The maximum atomic E-state index is 12.1. The molecule has 0 bridgehead atoms. The fourth-order valence-electron chi connectivity index (χ4n) is 2.02. The predicted octanol–water partition coefficient (Wildman–Crippen LogP) is 2.53. The lowest BCUT2D eigenvalue weighted by Gasteiger charge is -2.13. The quantitative estimate of drug-likeness (QED) is 0.658. The van der Waals surface area contributed by atoms with Crippen molar-refractivity contribution in [2.75, 3.05) is 14.2 Å². The molecule has 0 aliphatic carbocycles. The molecule has 0 saturated carbocycles. The van der Waals surface area contributed by atoms with E-state index in [9.17, 15) is 4.79 Å². The fourth-order valence-corrected chi connectivity index (χ4v) is 2.02. The van der Waals surface area contributed by atoms with Crippen molar-refractivity contribution in [3.63, 3.8) is 0 Å². The number of benzene rings is 2. The van der Waals surface area contributed by atoms with E-state index in [1.54, 1.807) is 7.11 Å². The number of amides is 1. The molecule has 0 radical (unpaired) electrons. The second-order valence-corrected chi connectivity index (χ2v) is 4.50. The van der Waals surface area contributed by atoms with Crippen LogP contribution in [0.15, 0.2) is 59.7 Å². The van der Waals surface area contributed by atoms with E-state index in [2.05, 4.69) is 10.5 Å². The first-order valence-corrected chi connectivity index (χ1v) is 6.80. The molecule has 0 saturated heterocycles. The number of carbonyl (C=O) groups excluding carboxylic acids is 1. The van der Waals surface area contributed by atoms with Gasteiger partial charge in [0.15, 0.2) is 6.10 Å². The number of nitrogens with zero attached hydrogens (tertiary/aromatic N) is 1. The van der Waals surface area contributed by atoms with Gasteiger partial charge in [-0.25, -0.2) is 5.43 Å². The minimum Gasteiger partial charge on any atom is -0.496 e. The molecule has 5 nitrogen and oxygen atoms in total. The van der Waals surface area contributed by atoms with Crippen LogP contribution in [-0.2, 0) is 9.53 Å². The number of carbonyl (C=O) groups is 1. The lowest BCUT2D eigenvalue weighted by atomic mass is 10.1. The van der Waals surface area contributed by atoms with Gasteiger partial charge in [-0.2, -0.15) is 5.10 Å². The van der Waals surface area contributed by atoms with Crippen molar-refractivity contribution in [3.05, 3.63) is 65.7 Å². The van der Waals surface area contributed by atoms with Crippen LogP contribution in [0.3, 0.4) is 0 Å². The van der Waals surface area contributed by atoms with Crippen LogP contribution in [0.1, 0.15) is 17.2 Å². The summed E-state index contributed by atoms with van der Waals surface area (Å²) in [5.74, 6) is 0.353. The van der Waals surface area contributed by atoms with Crippen molar-refractivity contribution >= 4 is 12.1 Å². The van der Waals surface area contributed by atoms with Crippen LogP contribution in [0, 0.1) is 0 Å². The zero-order chi connectivity index (χ0) is 15.8. The van der Waals surface area contributed by atoms with E-state index in [4.69, 9.17) is 9.47 Å². The highest BCUT2D eigenvalue weighted by molar-refractivity contribution is 5.86. The maximum absolute atomic E-state index is 12.1. The summed E-state index contributed by atoms with van der Waals surface area (Å²) in [5, 5.41) is 3.96. The number of methoxy groups -OCH3 is 2. The van der Waals surface area contributed by atoms with Crippen molar-refractivity contribution in [1.82, 2.24) is 5.43 Å². The first-order chi connectivity index (χ1) is 10.8. The minimum absolute atomic E-state index is 0.333. The van der Waals surface area contributed by atoms with Crippen molar-refractivity contribution in [3.8, 4) is 5.75 Å². The van der Waals surface area contributed by atoms with Crippen LogP contribution in [0.5, 0.6) is 5.75 Å². The third-order valence-corrected chi connectivity index (χ3v) is 3.09. The van der Waals surface area contributed by atoms with Gasteiger partial charge in [0.05, 0.1) is 13.3 Å². The highest BCUT2D eigenvalue weighted by Crippen LogP contribution is 2.16. The van der Waals surface area contributed by atoms with Crippen molar-refractivity contribution in [2.24, 2.45) is 5.10 Å². The number of ether oxygens (including phenoxy) is 2. The molecular weight excluding hydrogens is 280 g/mol. The van der Waals surface area contributed by atoms with E-state index >= 15 is 0 Å². The van der Waals surface area contributed by atoms with Crippen molar-refractivity contribution in [2.45, 2.75) is 6.10 Å². The van der Waals surface area contributed by atoms with Crippen LogP contribution >= 0.6 is 0 Å². The minimum atomic E-state index is -0.698. The molecule has 2 aromatic rings. The molecule has 114 valence electrons. The molecule has 2 aromatic carbocycles. The molecule has 0 unspecified atom stereocenters. The van der Waals surface area contributed by atoms with E-state index in [-0.39, 0.29) is 5.91 Å². The van der Waals surface area contributed by atoms with E-state index < -0.39 is 6.10 Å². The van der Waals surface area contributed by atoms with Crippen LogP contribution in [0.25, 0.3) is 0 Å². The van der Waals surface area contributed by atoms with Crippen LogP contribution in [-0.4, -0.2) is 26.3 Å². The molecule has 0 heterocycles. The van der Waals surface area contributed by atoms with Gasteiger partial charge in [-0.3, -0.25) is 4.79 Å². The summed E-state index contributed by atoms with van der Waals surface area (Å²) in [6.45, 7) is 0. The Kier molecular flexibility index (Phi) is 5.68. The van der Waals surface area contributed by atoms with Crippen molar-refractivity contribution in [1.29, 1.82) is 0 Å². The Morgan fingerprint density at radius 2 is 1.77 bits per heavy atom. The number of hydrazone groups is 1. The van der Waals surface area contributed by atoms with Crippen molar-refractivity contribution < 1.29 is 14.3 Å². The van der Waals surface area contributed by atoms with Gasteiger partial charge in [0.2, 0.25) is 0 Å². The summed E-state index contributed by atoms with van der Waals surface area (Å²) < 4.78 is 10.4. The number of para-hydroxylation sites is 1. The molecule has 1 amide bonds. The van der Waals surface area contributed by atoms with E-state index in [0.717, 1.165) is 11.1 Å². The summed E-state index contributed by atoms with van der Waals surface area (Å²) in [6.07, 6.45) is 0.838. The zero-order valence-electron chi connectivity index (χ0n) is 12.5. The molecule has 0 fully saturated rings. The van der Waals surface area contributed by atoms with Crippen LogP contribution in [0.2, 0.25) is 0 Å². The summed E-state index contributed by atoms with van der Waals surface area (Å²) in [6, 6.07) is 16.7. The first kappa shape index (κ1) is 15.7.